The van der Waals surface area contributed by atoms with E-state index in [0.29, 0.717) is 13.0 Å². The van der Waals surface area contributed by atoms with Crippen LogP contribution in [-0.2, 0) is 6.54 Å². The van der Waals surface area contributed by atoms with Crippen molar-refractivity contribution in [3.8, 4) is 11.4 Å². The number of imidazole rings is 1. The number of aryl methyl sites for hydroxylation is 3. The summed E-state index contributed by atoms with van der Waals surface area (Å²) in [6.45, 7) is 4.98. The van der Waals surface area contributed by atoms with Crippen molar-refractivity contribution in [2.45, 2.75) is 26.8 Å². The van der Waals surface area contributed by atoms with Gasteiger partial charge in [-0.3, -0.25) is 0 Å². The summed E-state index contributed by atoms with van der Waals surface area (Å²) in [4.78, 5) is 9.28. The van der Waals surface area contributed by atoms with Crippen molar-refractivity contribution in [3.05, 3.63) is 47.7 Å². The molecule has 0 unspecified atom stereocenters. The molecule has 0 amide bonds. The Morgan fingerprint density at radius 1 is 1.14 bits per heavy atom. The summed E-state index contributed by atoms with van der Waals surface area (Å²) in [5.74, 6) is 0.917. The minimum absolute atomic E-state index is 0.165. The van der Waals surface area contributed by atoms with Gasteiger partial charge in [0.05, 0.1) is 0 Å². The first-order valence-electron chi connectivity index (χ1n) is 7.20. The van der Waals surface area contributed by atoms with Gasteiger partial charge in [-0.05, 0) is 38.0 Å². The lowest BCUT2D eigenvalue weighted by Crippen LogP contribution is -2.03. The zero-order chi connectivity index (χ0) is 14.8. The highest BCUT2D eigenvalue weighted by Gasteiger charge is 2.13. The fraction of sp³-hybridized carbons (Fsp3) is 0.294. The van der Waals surface area contributed by atoms with E-state index in [9.17, 15) is 0 Å². The quantitative estimate of drug-likeness (QED) is 0.799. The number of fused-ring (bicyclic) bond motifs is 1. The topological polar surface area (TPSA) is 50.9 Å². The number of hydrogen-bond acceptors (Lipinski definition) is 3. The van der Waals surface area contributed by atoms with E-state index in [1.54, 1.807) is 0 Å². The van der Waals surface area contributed by atoms with Gasteiger partial charge in [-0.1, -0.05) is 23.8 Å². The molecule has 0 bridgehead atoms. The van der Waals surface area contributed by atoms with Gasteiger partial charge in [0, 0.05) is 24.9 Å². The van der Waals surface area contributed by atoms with Crippen LogP contribution in [0, 0.1) is 13.8 Å². The molecule has 0 saturated carbocycles. The fourth-order valence-electron chi connectivity index (χ4n) is 2.56. The summed E-state index contributed by atoms with van der Waals surface area (Å²) >= 11 is 0. The van der Waals surface area contributed by atoms with Gasteiger partial charge in [0.15, 0.2) is 5.65 Å². The second-order valence-electron chi connectivity index (χ2n) is 5.39. The third kappa shape index (κ3) is 2.67. The second-order valence-corrected chi connectivity index (χ2v) is 5.39. The van der Waals surface area contributed by atoms with E-state index in [0.717, 1.165) is 28.1 Å². The summed E-state index contributed by atoms with van der Waals surface area (Å²) in [6.07, 6.45) is 2.55. The van der Waals surface area contributed by atoms with Crippen LogP contribution < -0.4 is 0 Å². The first-order chi connectivity index (χ1) is 10.2. The smallest absolute Gasteiger partial charge is 0.160 e. The zero-order valence-electron chi connectivity index (χ0n) is 12.4. The Morgan fingerprint density at radius 2 is 2.00 bits per heavy atom. The van der Waals surface area contributed by atoms with Crippen molar-refractivity contribution in [2.75, 3.05) is 6.61 Å². The highest BCUT2D eigenvalue weighted by Crippen LogP contribution is 2.25. The predicted octanol–water partition coefficient (Wildman–Crippen LogP) is 3.10. The van der Waals surface area contributed by atoms with Crippen molar-refractivity contribution in [1.29, 1.82) is 0 Å². The molecule has 4 heteroatoms. The molecule has 0 aliphatic heterocycles. The van der Waals surface area contributed by atoms with Crippen LogP contribution in [0.2, 0.25) is 0 Å². The van der Waals surface area contributed by atoms with Crippen LogP contribution in [0.4, 0.5) is 0 Å². The molecule has 2 aromatic heterocycles. The number of nitrogens with zero attached hydrogens (tertiary/aromatic N) is 3. The van der Waals surface area contributed by atoms with Gasteiger partial charge in [0.25, 0.3) is 0 Å². The molecule has 0 aliphatic rings. The maximum absolute atomic E-state index is 9.13. The van der Waals surface area contributed by atoms with E-state index < -0.39 is 0 Å². The SMILES string of the molecule is Cc1cccc(-c2nc3cc(C)cnc3n2CCCO)c1. The Morgan fingerprint density at radius 3 is 2.76 bits per heavy atom. The molecular formula is C17H19N3O. The van der Waals surface area contributed by atoms with Gasteiger partial charge in [0.2, 0.25) is 0 Å². The Balaban J connectivity index is 2.20. The lowest BCUT2D eigenvalue weighted by molar-refractivity contribution is 0.280. The Kier molecular flexibility index (Phi) is 3.71. The average Bonchev–Trinajstić information content (AvgIpc) is 2.82. The first-order valence-corrected chi connectivity index (χ1v) is 7.20. The summed E-state index contributed by atoms with van der Waals surface area (Å²) < 4.78 is 2.10. The lowest BCUT2D eigenvalue weighted by Gasteiger charge is -2.08. The van der Waals surface area contributed by atoms with Crippen LogP contribution in [-0.4, -0.2) is 26.2 Å². The monoisotopic (exact) mass is 281 g/mol. The molecule has 108 valence electrons. The van der Waals surface area contributed by atoms with Crippen LogP contribution in [0.15, 0.2) is 36.5 Å². The van der Waals surface area contributed by atoms with Crippen molar-refractivity contribution in [1.82, 2.24) is 14.5 Å². The number of pyridine rings is 1. The van der Waals surface area contributed by atoms with E-state index in [1.165, 1.54) is 5.56 Å². The van der Waals surface area contributed by atoms with Gasteiger partial charge in [-0.2, -0.15) is 0 Å². The van der Waals surface area contributed by atoms with Gasteiger partial charge >= 0.3 is 0 Å². The molecule has 3 rings (SSSR count). The minimum Gasteiger partial charge on any atom is -0.396 e. The normalized spacial score (nSPS) is 11.2. The van der Waals surface area contributed by atoms with Crippen molar-refractivity contribution in [3.63, 3.8) is 0 Å². The molecule has 0 aliphatic carbocycles. The minimum atomic E-state index is 0.165. The number of aliphatic hydroxyl groups is 1. The van der Waals surface area contributed by atoms with Crippen LogP contribution in [0.5, 0.6) is 0 Å². The van der Waals surface area contributed by atoms with Gasteiger partial charge < -0.3 is 9.67 Å². The molecule has 4 nitrogen and oxygen atoms in total. The molecule has 21 heavy (non-hydrogen) atoms. The molecule has 2 heterocycles. The second kappa shape index (κ2) is 5.66. The molecule has 0 radical (unpaired) electrons. The Labute approximate surface area is 124 Å². The maximum Gasteiger partial charge on any atom is 0.160 e. The van der Waals surface area contributed by atoms with Crippen molar-refractivity contribution >= 4 is 11.2 Å². The van der Waals surface area contributed by atoms with E-state index in [1.807, 2.05) is 19.2 Å². The fourth-order valence-corrected chi connectivity index (χ4v) is 2.56. The number of rotatable bonds is 4. The first kappa shape index (κ1) is 13.8. The molecule has 0 saturated heterocycles. The van der Waals surface area contributed by atoms with E-state index in [4.69, 9.17) is 10.1 Å². The molecule has 1 N–H and O–H groups in total. The average molecular weight is 281 g/mol. The van der Waals surface area contributed by atoms with Gasteiger partial charge in [0.1, 0.15) is 11.3 Å². The molecule has 0 fully saturated rings. The molecular weight excluding hydrogens is 262 g/mol. The predicted molar refractivity (Wildman–Crippen MR) is 84.1 cm³/mol. The third-order valence-corrected chi connectivity index (χ3v) is 3.54. The standard InChI is InChI=1S/C17H19N3O/c1-12-5-3-6-14(9-12)16-19-15-10-13(2)11-18-17(15)20(16)7-4-8-21/h3,5-6,9-11,21H,4,7-8H2,1-2H3. The van der Waals surface area contributed by atoms with Crippen LogP contribution in [0.1, 0.15) is 17.5 Å². The number of aromatic nitrogens is 3. The number of benzene rings is 1. The van der Waals surface area contributed by atoms with Crippen LogP contribution in [0.25, 0.3) is 22.6 Å². The van der Waals surface area contributed by atoms with Gasteiger partial charge in [-0.15, -0.1) is 0 Å². The summed E-state index contributed by atoms with van der Waals surface area (Å²) in [7, 11) is 0. The van der Waals surface area contributed by atoms with Crippen LogP contribution >= 0.6 is 0 Å². The largest absolute Gasteiger partial charge is 0.396 e. The summed E-state index contributed by atoms with van der Waals surface area (Å²) in [6, 6.07) is 10.4. The van der Waals surface area contributed by atoms with Crippen molar-refractivity contribution in [2.24, 2.45) is 0 Å². The van der Waals surface area contributed by atoms with Gasteiger partial charge in [-0.25, -0.2) is 9.97 Å². The Bertz CT molecular complexity index is 777. The number of aliphatic hydroxyl groups excluding tert-OH is 1. The van der Waals surface area contributed by atoms with Crippen molar-refractivity contribution < 1.29 is 5.11 Å². The lowest BCUT2D eigenvalue weighted by atomic mass is 10.1. The molecule has 1 aromatic carbocycles. The highest BCUT2D eigenvalue weighted by atomic mass is 16.3. The molecule has 3 aromatic rings. The maximum atomic E-state index is 9.13. The van der Waals surface area contributed by atoms with E-state index in [2.05, 4.69) is 40.7 Å². The third-order valence-electron chi connectivity index (χ3n) is 3.54. The number of hydrogen-bond donors (Lipinski definition) is 1. The molecule has 0 atom stereocenters. The summed E-state index contributed by atoms with van der Waals surface area (Å²) in [5.41, 5.74) is 5.18. The molecule has 0 spiro atoms. The van der Waals surface area contributed by atoms with Crippen LogP contribution in [0.3, 0.4) is 0 Å². The van der Waals surface area contributed by atoms with E-state index >= 15 is 0 Å². The Hall–Kier alpha value is -2.20. The summed E-state index contributed by atoms with van der Waals surface area (Å²) in [5, 5.41) is 9.13. The highest BCUT2D eigenvalue weighted by molar-refractivity contribution is 5.77. The zero-order valence-corrected chi connectivity index (χ0v) is 12.4. The van der Waals surface area contributed by atoms with E-state index in [-0.39, 0.29) is 6.61 Å².